The van der Waals surface area contributed by atoms with Crippen LogP contribution in [0, 0.1) is 5.92 Å². The molecule has 5 heteroatoms. The number of nitrogens with zero attached hydrogens (tertiary/aromatic N) is 1. The summed E-state index contributed by atoms with van der Waals surface area (Å²) in [5, 5.41) is 3.63. The normalized spacial score (nSPS) is 21.7. The minimum Gasteiger partial charge on any atom is -0.325 e. The first-order valence-corrected chi connectivity index (χ1v) is 8.74. The van der Waals surface area contributed by atoms with Crippen LogP contribution in [-0.4, -0.2) is 10.9 Å². The summed E-state index contributed by atoms with van der Waals surface area (Å²) in [6.45, 7) is 1.96. The molecule has 0 aliphatic carbocycles. The molecular weight excluding hydrogens is 322 g/mol. The number of aromatic nitrogens is 1. The zero-order chi connectivity index (χ0) is 17.1. The molecule has 2 bridgehead atoms. The number of hydrogen-bond acceptors (Lipinski definition) is 3. The van der Waals surface area contributed by atoms with Crippen LogP contribution in [0.3, 0.4) is 0 Å². The van der Waals surface area contributed by atoms with Crippen molar-refractivity contribution in [3.05, 3.63) is 47.2 Å². The standard InChI is InChI=1S/C19H22ClN3O/c1-12-4-2-3-5-16(21)18-10-13(8-9-22-18)15-7-6-14(20)11-17(15)23-19(12)24/h6-12,16H,2-5,21H2,1H3,(H,23,24)/t12-,16+/m1/s1. The third kappa shape index (κ3) is 3.77. The topological polar surface area (TPSA) is 68.0 Å². The lowest BCUT2D eigenvalue weighted by atomic mass is 9.99. The molecule has 2 aromatic rings. The van der Waals surface area contributed by atoms with Crippen LogP contribution in [0.15, 0.2) is 36.5 Å². The second-order valence-electron chi connectivity index (χ2n) is 6.44. The molecule has 4 nitrogen and oxygen atoms in total. The van der Waals surface area contributed by atoms with Gasteiger partial charge in [-0.3, -0.25) is 9.78 Å². The molecule has 1 aliphatic rings. The van der Waals surface area contributed by atoms with Gasteiger partial charge in [0.2, 0.25) is 5.91 Å². The van der Waals surface area contributed by atoms with Crippen molar-refractivity contribution in [3.8, 4) is 11.1 Å². The van der Waals surface area contributed by atoms with Gasteiger partial charge < -0.3 is 11.1 Å². The van der Waals surface area contributed by atoms with E-state index in [9.17, 15) is 4.79 Å². The fraction of sp³-hybridized carbons (Fsp3) is 0.368. The van der Waals surface area contributed by atoms with Gasteiger partial charge in [0.15, 0.2) is 0 Å². The van der Waals surface area contributed by atoms with Crippen LogP contribution >= 0.6 is 11.6 Å². The van der Waals surface area contributed by atoms with E-state index in [1.165, 1.54) is 0 Å². The molecule has 2 heterocycles. The smallest absolute Gasteiger partial charge is 0.227 e. The Bertz CT molecular complexity index is 747. The predicted molar refractivity (Wildman–Crippen MR) is 97.9 cm³/mol. The second kappa shape index (κ2) is 7.32. The predicted octanol–water partition coefficient (Wildman–Crippen LogP) is 4.55. The summed E-state index contributed by atoms with van der Waals surface area (Å²) in [6, 6.07) is 9.39. The number of pyridine rings is 1. The van der Waals surface area contributed by atoms with Gasteiger partial charge in [0.25, 0.3) is 0 Å². The third-order valence-electron chi connectivity index (χ3n) is 4.56. The van der Waals surface area contributed by atoms with Gasteiger partial charge in [-0.1, -0.05) is 37.4 Å². The minimum atomic E-state index is -0.0829. The zero-order valence-electron chi connectivity index (χ0n) is 13.8. The first kappa shape index (κ1) is 16.9. The molecular formula is C19H22ClN3O. The molecule has 24 heavy (non-hydrogen) atoms. The summed E-state index contributed by atoms with van der Waals surface area (Å²) in [7, 11) is 0. The molecule has 1 aromatic carbocycles. The van der Waals surface area contributed by atoms with Gasteiger partial charge in [0.1, 0.15) is 0 Å². The van der Waals surface area contributed by atoms with Gasteiger partial charge in [-0.25, -0.2) is 0 Å². The van der Waals surface area contributed by atoms with Crippen molar-refractivity contribution in [2.24, 2.45) is 11.7 Å². The van der Waals surface area contributed by atoms with E-state index in [0.29, 0.717) is 5.02 Å². The quantitative estimate of drug-likeness (QED) is 0.737. The fourth-order valence-electron chi connectivity index (χ4n) is 3.04. The van der Waals surface area contributed by atoms with E-state index in [0.717, 1.165) is 48.2 Å². The summed E-state index contributed by atoms with van der Waals surface area (Å²) in [6.07, 6.45) is 5.46. The van der Waals surface area contributed by atoms with Crippen molar-refractivity contribution in [1.29, 1.82) is 0 Å². The van der Waals surface area contributed by atoms with Crippen molar-refractivity contribution in [2.45, 2.75) is 38.6 Å². The van der Waals surface area contributed by atoms with Crippen LogP contribution < -0.4 is 11.1 Å². The maximum Gasteiger partial charge on any atom is 0.227 e. The van der Waals surface area contributed by atoms with E-state index in [1.54, 1.807) is 12.3 Å². The monoisotopic (exact) mass is 343 g/mol. The molecule has 1 amide bonds. The van der Waals surface area contributed by atoms with Crippen molar-refractivity contribution in [2.75, 3.05) is 5.32 Å². The molecule has 126 valence electrons. The highest BCUT2D eigenvalue weighted by molar-refractivity contribution is 6.31. The van der Waals surface area contributed by atoms with Crippen LogP contribution in [0.2, 0.25) is 5.02 Å². The number of fused-ring (bicyclic) bond motifs is 4. The lowest BCUT2D eigenvalue weighted by molar-refractivity contribution is -0.119. The fourth-order valence-corrected chi connectivity index (χ4v) is 3.21. The Balaban J connectivity index is 2.08. The number of rotatable bonds is 0. The highest BCUT2D eigenvalue weighted by Gasteiger charge is 2.18. The summed E-state index contributed by atoms with van der Waals surface area (Å²) < 4.78 is 0. The van der Waals surface area contributed by atoms with Gasteiger partial charge in [0, 0.05) is 28.7 Å². The lowest BCUT2D eigenvalue weighted by Crippen LogP contribution is -2.20. The number of hydrogen-bond donors (Lipinski definition) is 2. The average Bonchev–Trinajstić information content (AvgIpc) is 2.58. The summed E-state index contributed by atoms with van der Waals surface area (Å²) in [5.74, 6) is -0.0219. The first-order chi connectivity index (χ1) is 11.5. The lowest BCUT2D eigenvalue weighted by Gasteiger charge is -2.15. The summed E-state index contributed by atoms with van der Waals surface area (Å²) >= 11 is 6.14. The molecule has 0 fully saturated rings. The number of halogens is 1. The van der Waals surface area contributed by atoms with Crippen LogP contribution in [0.5, 0.6) is 0 Å². The van der Waals surface area contributed by atoms with E-state index in [-0.39, 0.29) is 17.9 Å². The molecule has 3 rings (SSSR count). The number of benzene rings is 1. The Kier molecular flexibility index (Phi) is 5.17. The molecule has 0 saturated heterocycles. The van der Waals surface area contributed by atoms with Gasteiger partial charge in [-0.15, -0.1) is 0 Å². The third-order valence-corrected chi connectivity index (χ3v) is 4.80. The molecule has 2 atom stereocenters. The highest BCUT2D eigenvalue weighted by atomic mass is 35.5. The SMILES string of the molecule is C[C@@H]1CCCC[C@H](N)c2cc(ccn2)-c2ccc(Cl)cc2NC1=O. The van der Waals surface area contributed by atoms with Gasteiger partial charge in [-0.05, 0) is 42.7 Å². The molecule has 0 saturated carbocycles. The highest BCUT2D eigenvalue weighted by Crippen LogP contribution is 2.32. The van der Waals surface area contributed by atoms with Gasteiger partial charge in [-0.2, -0.15) is 0 Å². The Hall–Kier alpha value is -1.91. The van der Waals surface area contributed by atoms with Crippen LogP contribution in [0.4, 0.5) is 5.69 Å². The van der Waals surface area contributed by atoms with Crippen LogP contribution in [0.1, 0.15) is 44.3 Å². The molecule has 0 radical (unpaired) electrons. The van der Waals surface area contributed by atoms with Crippen molar-refractivity contribution in [1.82, 2.24) is 4.98 Å². The number of amides is 1. The largest absolute Gasteiger partial charge is 0.325 e. The maximum absolute atomic E-state index is 12.5. The zero-order valence-corrected chi connectivity index (χ0v) is 14.5. The van der Waals surface area contributed by atoms with Crippen molar-refractivity contribution in [3.63, 3.8) is 0 Å². The van der Waals surface area contributed by atoms with E-state index >= 15 is 0 Å². The van der Waals surface area contributed by atoms with Crippen LogP contribution in [0.25, 0.3) is 11.1 Å². The minimum absolute atomic E-state index is 0.0244. The molecule has 0 spiro atoms. The molecule has 1 aromatic heterocycles. The number of carbonyl (C=O) groups excluding carboxylic acids is 1. The molecule has 1 aliphatic heterocycles. The Labute approximate surface area is 147 Å². The number of anilines is 1. The van der Waals surface area contributed by atoms with Gasteiger partial charge >= 0.3 is 0 Å². The van der Waals surface area contributed by atoms with Crippen molar-refractivity contribution < 1.29 is 4.79 Å². The van der Waals surface area contributed by atoms with Crippen molar-refractivity contribution >= 4 is 23.2 Å². The van der Waals surface area contributed by atoms with Gasteiger partial charge in [0.05, 0.1) is 11.4 Å². The maximum atomic E-state index is 12.5. The Morgan fingerprint density at radius 1 is 1.21 bits per heavy atom. The Morgan fingerprint density at radius 2 is 2.00 bits per heavy atom. The first-order valence-electron chi connectivity index (χ1n) is 8.37. The van der Waals surface area contributed by atoms with Crippen LogP contribution in [-0.2, 0) is 4.79 Å². The number of nitrogens with two attached hydrogens (primary N) is 1. The summed E-state index contributed by atoms with van der Waals surface area (Å²) in [4.78, 5) is 16.9. The average molecular weight is 344 g/mol. The number of carbonyl (C=O) groups is 1. The summed E-state index contributed by atoms with van der Waals surface area (Å²) in [5.41, 5.74) is 9.81. The Morgan fingerprint density at radius 3 is 2.83 bits per heavy atom. The molecule has 0 unspecified atom stereocenters. The van der Waals surface area contributed by atoms with E-state index in [1.807, 2.05) is 31.2 Å². The van der Waals surface area contributed by atoms with E-state index in [4.69, 9.17) is 17.3 Å². The van der Waals surface area contributed by atoms with E-state index in [2.05, 4.69) is 10.3 Å². The number of nitrogens with one attached hydrogen (secondary N) is 1. The second-order valence-corrected chi connectivity index (χ2v) is 6.88. The molecule has 3 N–H and O–H groups in total. The van der Waals surface area contributed by atoms with E-state index < -0.39 is 0 Å².